The molecule has 1 unspecified atom stereocenters. The highest BCUT2D eigenvalue weighted by atomic mass is 16.6. The number of benzene rings is 1. The summed E-state index contributed by atoms with van der Waals surface area (Å²) >= 11 is 0. The van der Waals surface area contributed by atoms with Gasteiger partial charge in [0.1, 0.15) is 22.9 Å². The first-order valence-electron chi connectivity index (χ1n) is 11.2. The predicted octanol–water partition coefficient (Wildman–Crippen LogP) is 5.40. The number of rotatable bonds is 4. The number of alkyl carbamates (subject to hydrolysis) is 1. The Hall–Kier alpha value is -4.20. The smallest absolute Gasteiger partial charge is 0.408 e. The summed E-state index contributed by atoms with van der Waals surface area (Å²) in [5.74, 6) is 1.34. The van der Waals surface area contributed by atoms with Gasteiger partial charge in [-0.1, -0.05) is 30.3 Å². The van der Waals surface area contributed by atoms with Crippen molar-refractivity contribution in [1.82, 2.24) is 25.3 Å². The van der Waals surface area contributed by atoms with Crippen LogP contribution in [0.3, 0.4) is 0 Å². The Morgan fingerprint density at radius 1 is 1.06 bits per heavy atom. The molecule has 1 amide bonds. The van der Waals surface area contributed by atoms with E-state index < -0.39 is 17.7 Å². The van der Waals surface area contributed by atoms with Gasteiger partial charge in [0.15, 0.2) is 0 Å². The van der Waals surface area contributed by atoms with Crippen molar-refractivity contribution in [2.75, 3.05) is 5.32 Å². The molecule has 3 aromatic heterocycles. The number of amides is 1. The van der Waals surface area contributed by atoms with Crippen molar-refractivity contribution in [2.24, 2.45) is 0 Å². The maximum absolute atomic E-state index is 12.7. The van der Waals surface area contributed by atoms with Crippen molar-refractivity contribution in [2.45, 2.75) is 38.8 Å². The second kappa shape index (κ2) is 8.62. The zero-order chi connectivity index (χ0) is 23.7. The summed E-state index contributed by atoms with van der Waals surface area (Å²) in [6.45, 7) is 5.53. The number of hydrogen-bond donors (Lipinski definition) is 3. The van der Waals surface area contributed by atoms with E-state index in [0.29, 0.717) is 18.1 Å². The topological polar surface area (TPSA) is 105 Å². The lowest BCUT2D eigenvalue weighted by atomic mass is 10.1. The number of aromatic amines is 1. The van der Waals surface area contributed by atoms with E-state index in [4.69, 9.17) is 9.72 Å². The Labute approximate surface area is 197 Å². The minimum atomic E-state index is -0.607. The van der Waals surface area contributed by atoms with Crippen molar-refractivity contribution < 1.29 is 9.53 Å². The molecule has 0 bridgehead atoms. The number of aromatic nitrogens is 4. The Kier molecular flexibility index (Phi) is 5.49. The molecular weight excluding hydrogens is 428 g/mol. The van der Waals surface area contributed by atoms with Crippen LogP contribution in [0.15, 0.2) is 67.1 Å². The molecule has 0 saturated carbocycles. The second-order valence-electron chi connectivity index (χ2n) is 9.18. The van der Waals surface area contributed by atoms with E-state index in [0.717, 1.165) is 33.8 Å². The van der Waals surface area contributed by atoms with Gasteiger partial charge in [-0.25, -0.2) is 14.8 Å². The third-order valence-electron chi connectivity index (χ3n) is 5.43. The molecule has 3 N–H and O–H groups in total. The SMILES string of the molecule is CC(C)(C)OC(=O)NC(Cc1ccccc1)c1nc2c([nH]1)-c1ccncc1Nc1ncccc1-2. The number of imidazole rings is 1. The van der Waals surface area contributed by atoms with Gasteiger partial charge in [0.25, 0.3) is 0 Å². The molecular formula is C26H26N6O2. The molecule has 0 radical (unpaired) electrons. The standard InChI is InChI=1S/C26H26N6O2/c1-26(2,3)34-25(33)30-19(14-16-8-5-4-6-9-16)24-31-21-17-11-13-27-15-20(17)29-23-18(22(21)32-24)10-7-12-28-23/h4-13,15,19H,14H2,1-3H3,(H,28,29)(H,30,33)(H,31,32). The first-order valence-corrected chi connectivity index (χ1v) is 11.2. The Morgan fingerprint density at radius 3 is 2.68 bits per heavy atom. The molecule has 1 atom stereocenters. The lowest BCUT2D eigenvalue weighted by molar-refractivity contribution is 0.0501. The normalized spacial score (nSPS) is 12.9. The highest BCUT2D eigenvalue weighted by molar-refractivity contribution is 5.94. The number of ether oxygens (including phenoxy) is 1. The van der Waals surface area contributed by atoms with Gasteiger partial charge in [-0.05, 0) is 44.5 Å². The number of anilines is 2. The largest absolute Gasteiger partial charge is 0.444 e. The van der Waals surface area contributed by atoms with E-state index in [1.165, 1.54) is 0 Å². The lowest BCUT2D eigenvalue weighted by Gasteiger charge is -2.23. The van der Waals surface area contributed by atoms with Crippen LogP contribution in [-0.4, -0.2) is 31.6 Å². The van der Waals surface area contributed by atoms with E-state index in [-0.39, 0.29) is 0 Å². The zero-order valence-electron chi connectivity index (χ0n) is 19.3. The molecule has 172 valence electrons. The third-order valence-corrected chi connectivity index (χ3v) is 5.43. The summed E-state index contributed by atoms with van der Waals surface area (Å²) in [7, 11) is 0. The molecule has 8 heteroatoms. The van der Waals surface area contributed by atoms with Crippen LogP contribution in [0.1, 0.15) is 38.2 Å². The second-order valence-corrected chi connectivity index (χ2v) is 9.18. The molecule has 1 aromatic carbocycles. The first kappa shape index (κ1) is 21.6. The minimum absolute atomic E-state index is 0.428. The van der Waals surface area contributed by atoms with Crippen molar-refractivity contribution in [3.63, 3.8) is 0 Å². The fourth-order valence-corrected chi connectivity index (χ4v) is 4.00. The Balaban J connectivity index is 1.59. The maximum Gasteiger partial charge on any atom is 0.408 e. The summed E-state index contributed by atoms with van der Waals surface area (Å²) in [6, 6.07) is 15.4. The average molecular weight is 455 g/mol. The molecule has 0 fully saturated rings. The predicted molar refractivity (Wildman–Crippen MR) is 131 cm³/mol. The molecule has 5 rings (SSSR count). The monoisotopic (exact) mass is 454 g/mol. The summed E-state index contributed by atoms with van der Waals surface area (Å²) in [5.41, 5.74) is 4.70. The minimum Gasteiger partial charge on any atom is -0.444 e. The average Bonchev–Trinajstić information content (AvgIpc) is 3.19. The summed E-state index contributed by atoms with van der Waals surface area (Å²) in [5, 5.41) is 6.37. The third kappa shape index (κ3) is 4.47. The Bertz CT molecular complexity index is 1260. The van der Waals surface area contributed by atoms with E-state index in [9.17, 15) is 4.79 Å². The van der Waals surface area contributed by atoms with E-state index in [2.05, 4.69) is 25.6 Å². The molecule has 4 heterocycles. The summed E-state index contributed by atoms with van der Waals surface area (Å²) < 4.78 is 5.54. The lowest BCUT2D eigenvalue weighted by Crippen LogP contribution is -2.36. The van der Waals surface area contributed by atoms with Crippen LogP contribution in [0.25, 0.3) is 22.5 Å². The highest BCUT2D eigenvalue weighted by Crippen LogP contribution is 2.42. The van der Waals surface area contributed by atoms with Crippen LogP contribution in [0.4, 0.5) is 16.3 Å². The summed E-state index contributed by atoms with van der Waals surface area (Å²) in [6.07, 6.45) is 5.31. The van der Waals surface area contributed by atoms with Gasteiger partial charge in [0, 0.05) is 29.9 Å². The first-order chi connectivity index (χ1) is 16.4. The van der Waals surface area contributed by atoms with Crippen LogP contribution in [0, 0.1) is 0 Å². The van der Waals surface area contributed by atoms with Crippen LogP contribution < -0.4 is 10.6 Å². The van der Waals surface area contributed by atoms with E-state index in [1.807, 2.05) is 69.3 Å². The number of hydrogen-bond acceptors (Lipinski definition) is 6. The summed E-state index contributed by atoms with van der Waals surface area (Å²) in [4.78, 5) is 29.9. The number of nitrogens with one attached hydrogen (secondary N) is 3. The fraction of sp³-hybridized carbons (Fsp3) is 0.231. The van der Waals surface area contributed by atoms with Gasteiger partial charge in [0.2, 0.25) is 0 Å². The molecule has 8 nitrogen and oxygen atoms in total. The number of carbonyl (C=O) groups excluding carboxylic acids is 1. The van der Waals surface area contributed by atoms with E-state index >= 15 is 0 Å². The molecule has 0 saturated heterocycles. The molecule has 4 aromatic rings. The number of fused-ring (bicyclic) bond motifs is 5. The highest BCUT2D eigenvalue weighted by Gasteiger charge is 2.28. The number of H-pyrrole nitrogens is 1. The van der Waals surface area contributed by atoms with Gasteiger partial charge in [0.05, 0.1) is 23.6 Å². The van der Waals surface area contributed by atoms with Crippen molar-refractivity contribution in [1.29, 1.82) is 0 Å². The Morgan fingerprint density at radius 2 is 1.88 bits per heavy atom. The van der Waals surface area contributed by atoms with Crippen LogP contribution in [-0.2, 0) is 11.2 Å². The molecule has 1 aliphatic heterocycles. The van der Waals surface area contributed by atoms with Crippen molar-refractivity contribution >= 4 is 17.6 Å². The zero-order valence-corrected chi connectivity index (χ0v) is 19.3. The molecule has 34 heavy (non-hydrogen) atoms. The van der Waals surface area contributed by atoms with Crippen molar-refractivity contribution in [3.8, 4) is 22.5 Å². The van der Waals surface area contributed by atoms with Gasteiger partial charge in [-0.15, -0.1) is 0 Å². The van der Waals surface area contributed by atoms with Crippen LogP contribution in [0.5, 0.6) is 0 Å². The van der Waals surface area contributed by atoms with Gasteiger partial charge in [-0.2, -0.15) is 0 Å². The quantitative estimate of drug-likeness (QED) is 0.336. The maximum atomic E-state index is 12.7. The molecule has 0 spiro atoms. The van der Waals surface area contributed by atoms with Gasteiger partial charge in [-0.3, -0.25) is 4.98 Å². The number of nitrogens with zero attached hydrogens (tertiary/aromatic N) is 3. The van der Waals surface area contributed by atoms with Gasteiger partial charge < -0.3 is 20.4 Å². The molecule has 1 aliphatic rings. The number of carbonyl (C=O) groups is 1. The van der Waals surface area contributed by atoms with Crippen molar-refractivity contribution in [3.05, 3.63) is 78.5 Å². The van der Waals surface area contributed by atoms with E-state index in [1.54, 1.807) is 18.6 Å². The fourth-order valence-electron chi connectivity index (χ4n) is 4.00. The van der Waals surface area contributed by atoms with Crippen LogP contribution in [0.2, 0.25) is 0 Å². The number of pyridine rings is 2. The molecule has 0 aliphatic carbocycles. The van der Waals surface area contributed by atoms with Crippen LogP contribution >= 0.6 is 0 Å². The van der Waals surface area contributed by atoms with Gasteiger partial charge >= 0.3 is 6.09 Å².